The number of nitrogens with zero attached hydrogens (tertiary/aromatic N) is 2. The molecule has 144 valence electrons. The summed E-state index contributed by atoms with van der Waals surface area (Å²) >= 11 is 0. The van der Waals surface area contributed by atoms with E-state index in [4.69, 9.17) is 4.74 Å². The maximum Gasteiger partial charge on any atom is 0.227 e. The van der Waals surface area contributed by atoms with E-state index >= 15 is 0 Å². The van der Waals surface area contributed by atoms with Crippen molar-refractivity contribution in [2.45, 2.75) is 39.2 Å². The van der Waals surface area contributed by atoms with Crippen LogP contribution in [0.15, 0.2) is 24.3 Å². The maximum absolute atomic E-state index is 13.3. The van der Waals surface area contributed by atoms with Gasteiger partial charge in [-0.2, -0.15) is 0 Å². The van der Waals surface area contributed by atoms with Crippen molar-refractivity contribution in [3.63, 3.8) is 0 Å². The highest BCUT2D eigenvalue weighted by molar-refractivity contribution is 5.84. The zero-order chi connectivity index (χ0) is 19.1. The van der Waals surface area contributed by atoms with Gasteiger partial charge in [0, 0.05) is 39.2 Å². The van der Waals surface area contributed by atoms with Crippen LogP contribution >= 0.6 is 0 Å². The van der Waals surface area contributed by atoms with Gasteiger partial charge in [-0.25, -0.2) is 4.39 Å². The van der Waals surface area contributed by atoms with Gasteiger partial charge in [-0.05, 0) is 44.4 Å². The summed E-state index contributed by atoms with van der Waals surface area (Å²) in [5, 5.41) is 0. The molecule has 0 aliphatic carbocycles. The average Bonchev–Trinajstić information content (AvgIpc) is 2.61. The Morgan fingerprint density at radius 3 is 2.85 bits per heavy atom. The molecule has 0 aromatic heterocycles. The van der Waals surface area contributed by atoms with Crippen LogP contribution in [0.3, 0.4) is 0 Å². The zero-order valence-corrected chi connectivity index (χ0v) is 15.9. The molecule has 0 bridgehead atoms. The first kappa shape index (κ1) is 20.4. The highest BCUT2D eigenvalue weighted by atomic mass is 19.1. The molecule has 2 amide bonds. The predicted octanol–water partition coefficient (Wildman–Crippen LogP) is 2.49. The summed E-state index contributed by atoms with van der Waals surface area (Å²) in [5.74, 6) is -0.301. The van der Waals surface area contributed by atoms with Crippen LogP contribution in [-0.4, -0.2) is 61.0 Å². The van der Waals surface area contributed by atoms with E-state index in [0.717, 1.165) is 5.56 Å². The molecule has 6 heteroatoms. The van der Waals surface area contributed by atoms with Crippen molar-refractivity contribution in [3.05, 3.63) is 35.6 Å². The summed E-state index contributed by atoms with van der Waals surface area (Å²) in [4.78, 5) is 28.7. The summed E-state index contributed by atoms with van der Waals surface area (Å²) in [6.07, 6.45) is 1.56. The fourth-order valence-electron chi connectivity index (χ4n) is 3.34. The van der Waals surface area contributed by atoms with Gasteiger partial charge >= 0.3 is 0 Å². The quantitative estimate of drug-likeness (QED) is 0.712. The Labute approximate surface area is 155 Å². The maximum atomic E-state index is 13.3. The van der Waals surface area contributed by atoms with E-state index in [1.807, 2.05) is 24.8 Å². The second-order valence-corrected chi connectivity index (χ2v) is 7.07. The SMILES string of the molecule is COCCN(C(=O)C1CCC(=O)N(CCc2cccc(F)c2)C1)C(C)C. The molecule has 1 unspecified atom stereocenters. The van der Waals surface area contributed by atoms with Gasteiger partial charge in [-0.3, -0.25) is 9.59 Å². The summed E-state index contributed by atoms with van der Waals surface area (Å²) in [6.45, 7) is 5.97. The highest BCUT2D eigenvalue weighted by Gasteiger charge is 2.33. The van der Waals surface area contributed by atoms with Crippen LogP contribution in [0.1, 0.15) is 32.3 Å². The molecule has 0 N–H and O–H groups in total. The van der Waals surface area contributed by atoms with Crippen LogP contribution in [0.25, 0.3) is 0 Å². The fourth-order valence-corrected chi connectivity index (χ4v) is 3.34. The Morgan fingerprint density at radius 2 is 2.19 bits per heavy atom. The molecule has 1 aliphatic heterocycles. The number of carbonyl (C=O) groups excluding carboxylic acids is 2. The third-order valence-electron chi connectivity index (χ3n) is 4.85. The Kier molecular flexibility index (Phi) is 7.57. The van der Waals surface area contributed by atoms with Crippen LogP contribution < -0.4 is 0 Å². The molecule has 0 radical (unpaired) electrons. The molecule has 26 heavy (non-hydrogen) atoms. The lowest BCUT2D eigenvalue weighted by molar-refractivity contribution is -0.144. The van der Waals surface area contributed by atoms with Crippen molar-refractivity contribution < 1.29 is 18.7 Å². The second-order valence-electron chi connectivity index (χ2n) is 7.07. The third-order valence-corrected chi connectivity index (χ3v) is 4.85. The van der Waals surface area contributed by atoms with Crippen molar-refractivity contribution in [1.82, 2.24) is 9.80 Å². The molecule has 1 aromatic carbocycles. The number of halogens is 1. The van der Waals surface area contributed by atoms with Crippen molar-refractivity contribution in [2.75, 3.05) is 33.4 Å². The summed E-state index contributed by atoms with van der Waals surface area (Å²) in [5.41, 5.74) is 0.857. The molecule has 1 aliphatic rings. The number of rotatable bonds is 8. The van der Waals surface area contributed by atoms with Crippen LogP contribution in [0, 0.1) is 11.7 Å². The lowest BCUT2D eigenvalue weighted by Gasteiger charge is -2.36. The highest BCUT2D eigenvalue weighted by Crippen LogP contribution is 2.21. The van der Waals surface area contributed by atoms with Crippen LogP contribution in [0.5, 0.6) is 0 Å². The fraction of sp³-hybridized carbons (Fsp3) is 0.600. The van der Waals surface area contributed by atoms with Crippen molar-refractivity contribution in [2.24, 2.45) is 5.92 Å². The average molecular weight is 364 g/mol. The number of hydrogen-bond donors (Lipinski definition) is 0. The first-order chi connectivity index (χ1) is 12.4. The largest absolute Gasteiger partial charge is 0.383 e. The van der Waals surface area contributed by atoms with Gasteiger partial charge in [0.15, 0.2) is 0 Å². The normalized spacial score (nSPS) is 17.7. The Hall–Kier alpha value is -1.95. The smallest absolute Gasteiger partial charge is 0.227 e. The molecule has 1 aromatic rings. The minimum absolute atomic E-state index is 0.0680. The first-order valence-corrected chi connectivity index (χ1v) is 9.24. The van der Waals surface area contributed by atoms with Crippen molar-refractivity contribution >= 4 is 11.8 Å². The van der Waals surface area contributed by atoms with Gasteiger partial charge in [0.25, 0.3) is 0 Å². The molecule has 0 saturated carbocycles. The Balaban J connectivity index is 1.97. The minimum Gasteiger partial charge on any atom is -0.383 e. The van der Waals surface area contributed by atoms with Crippen LogP contribution in [-0.2, 0) is 20.7 Å². The molecular formula is C20H29FN2O3. The first-order valence-electron chi connectivity index (χ1n) is 9.24. The van der Waals surface area contributed by atoms with E-state index in [1.165, 1.54) is 12.1 Å². The van der Waals surface area contributed by atoms with Gasteiger partial charge in [-0.15, -0.1) is 0 Å². The van der Waals surface area contributed by atoms with E-state index in [-0.39, 0.29) is 29.6 Å². The third kappa shape index (κ3) is 5.53. The molecule has 1 heterocycles. The van der Waals surface area contributed by atoms with E-state index in [9.17, 15) is 14.0 Å². The molecule has 1 atom stereocenters. The lowest BCUT2D eigenvalue weighted by Crippen LogP contribution is -2.49. The number of likely N-dealkylation sites (tertiary alicyclic amines) is 1. The molecule has 1 saturated heterocycles. The van der Waals surface area contributed by atoms with Crippen LogP contribution in [0.2, 0.25) is 0 Å². The number of amides is 2. The van der Waals surface area contributed by atoms with Gasteiger partial charge in [-0.1, -0.05) is 12.1 Å². The molecule has 2 rings (SSSR count). The number of ether oxygens (including phenoxy) is 1. The molecule has 1 fully saturated rings. The van der Waals surface area contributed by atoms with E-state index < -0.39 is 0 Å². The lowest BCUT2D eigenvalue weighted by atomic mass is 9.95. The zero-order valence-electron chi connectivity index (χ0n) is 15.9. The molecule has 5 nitrogen and oxygen atoms in total. The number of benzene rings is 1. The Morgan fingerprint density at radius 1 is 1.42 bits per heavy atom. The van der Waals surface area contributed by atoms with Crippen LogP contribution in [0.4, 0.5) is 4.39 Å². The number of hydrogen-bond acceptors (Lipinski definition) is 3. The van der Waals surface area contributed by atoms with Gasteiger partial charge in [0.05, 0.1) is 12.5 Å². The van der Waals surface area contributed by atoms with E-state index in [2.05, 4.69) is 0 Å². The van der Waals surface area contributed by atoms with Gasteiger partial charge in [0.1, 0.15) is 5.82 Å². The number of methoxy groups -OCH3 is 1. The summed E-state index contributed by atoms with van der Waals surface area (Å²) < 4.78 is 18.4. The second kappa shape index (κ2) is 9.67. The molecular weight excluding hydrogens is 335 g/mol. The summed E-state index contributed by atoms with van der Waals surface area (Å²) in [7, 11) is 1.62. The standard InChI is InChI=1S/C20H29FN2O3/c1-15(2)23(11-12-26-3)20(25)17-7-8-19(24)22(14-17)10-9-16-5-4-6-18(21)13-16/h4-6,13,15,17H,7-12,14H2,1-3H3. The number of piperidine rings is 1. The Bertz CT molecular complexity index is 621. The topological polar surface area (TPSA) is 49.9 Å². The van der Waals surface area contributed by atoms with Gasteiger partial charge in [0.2, 0.25) is 11.8 Å². The van der Waals surface area contributed by atoms with Crippen molar-refractivity contribution in [3.8, 4) is 0 Å². The monoisotopic (exact) mass is 364 g/mol. The minimum atomic E-state index is -0.272. The van der Waals surface area contributed by atoms with E-state index in [1.54, 1.807) is 18.1 Å². The predicted molar refractivity (Wildman–Crippen MR) is 98.1 cm³/mol. The van der Waals surface area contributed by atoms with E-state index in [0.29, 0.717) is 45.5 Å². The molecule has 0 spiro atoms. The van der Waals surface area contributed by atoms with Crippen molar-refractivity contribution in [1.29, 1.82) is 0 Å². The summed E-state index contributed by atoms with van der Waals surface area (Å²) in [6, 6.07) is 6.51. The number of carbonyl (C=O) groups is 2. The van der Waals surface area contributed by atoms with Gasteiger partial charge < -0.3 is 14.5 Å².